The van der Waals surface area contributed by atoms with Gasteiger partial charge in [-0.3, -0.25) is 0 Å². The van der Waals surface area contributed by atoms with Crippen molar-refractivity contribution < 1.29 is 5.11 Å². The van der Waals surface area contributed by atoms with Gasteiger partial charge < -0.3 is 10.8 Å². The van der Waals surface area contributed by atoms with Crippen molar-refractivity contribution >= 4 is 11.6 Å². The summed E-state index contributed by atoms with van der Waals surface area (Å²) in [5.74, 6) is 0.247. The zero-order valence-corrected chi connectivity index (χ0v) is 11.6. The molecule has 1 aromatic rings. The van der Waals surface area contributed by atoms with E-state index < -0.39 is 0 Å². The van der Waals surface area contributed by atoms with Crippen molar-refractivity contribution in [2.75, 3.05) is 0 Å². The van der Waals surface area contributed by atoms with Gasteiger partial charge in [-0.05, 0) is 68.6 Å². The highest BCUT2D eigenvalue weighted by Crippen LogP contribution is 2.49. The summed E-state index contributed by atoms with van der Waals surface area (Å²) in [4.78, 5) is 0. The Kier molecular flexibility index (Phi) is 2.83. The standard InChI is InChI=1S/C15H20ClNO/c1-9-10-5-2-3-6-11(10)13(16)14(18)12(9)15(17)7-4-8-15/h18H,2-8,17H2,1H3. The van der Waals surface area contributed by atoms with Crippen LogP contribution in [0.2, 0.25) is 5.02 Å². The first-order valence-electron chi connectivity index (χ1n) is 6.87. The second-order valence-corrected chi connectivity index (χ2v) is 6.21. The van der Waals surface area contributed by atoms with Gasteiger partial charge in [-0.1, -0.05) is 11.6 Å². The molecule has 0 saturated heterocycles. The minimum Gasteiger partial charge on any atom is -0.506 e. The zero-order chi connectivity index (χ0) is 12.9. The molecule has 0 unspecified atom stereocenters. The Balaban J connectivity index is 2.23. The van der Waals surface area contributed by atoms with Crippen LogP contribution < -0.4 is 5.73 Å². The molecule has 0 spiro atoms. The normalized spacial score (nSPS) is 21.3. The Bertz CT molecular complexity index is 506. The van der Waals surface area contributed by atoms with Crippen molar-refractivity contribution in [3.05, 3.63) is 27.3 Å². The van der Waals surface area contributed by atoms with E-state index in [0.717, 1.165) is 43.2 Å². The maximum Gasteiger partial charge on any atom is 0.139 e. The maximum atomic E-state index is 10.4. The molecule has 18 heavy (non-hydrogen) atoms. The maximum absolute atomic E-state index is 10.4. The number of benzene rings is 1. The second-order valence-electron chi connectivity index (χ2n) is 5.84. The summed E-state index contributed by atoms with van der Waals surface area (Å²) in [7, 11) is 0. The Morgan fingerprint density at radius 2 is 1.72 bits per heavy atom. The van der Waals surface area contributed by atoms with Crippen LogP contribution in [0.15, 0.2) is 0 Å². The predicted octanol–water partition coefficient (Wildman–Crippen LogP) is 3.57. The number of phenolic OH excluding ortho intramolecular Hbond substituents is 1. The van der Waals surface area contributed by atoms with Crippen LogP contribution in [0.4, 0.5) is 0 Å². The van der Waals surface area contributed by atoms with Crippen LogP contribution in [-0.2, 0) is 18.4 Å². The van der Waals surface area contributed by atoms with Crippen molar-refractivity contribution in [3.63, 3.8) is 0 Å². The lowest BCUT2D eigenvalue weighted by Gasteiger charge is -2.41. The number of hydrogen-bond acceptors (Lipinski definition) is 2. The van der Waals surface area contributed by atoms with E-state index in [1.54, 1.807) is 0 Å². The molecule has 1 fully saturated rings. The van der Waals surface area contributed by atoms with Crippen molar-refractivity contribution in [2.24, 2.45) is 5.73 Å². The van der Waals surface area contributed by atoms with Crippen molar-refractivity contribution in [1.82, 2.24) is 0 Å². The molecule has 2 nitrogen and oxygen atoms in total. The number of fused-ring (bicyclic) bond motifs is 1. The minimum absolute atomic E-state index is 0.247. The molecule has 0 amide bonds. The molecule has 3 rings (SSSR count). The first kappa shape index (κ1) is 12.3. The minimum atomic E-state index is -0.343. The molecule has 3 heteroatoms. The van der Waals surface area contributed by atoms with Crippen LogP contribution in [0.5, 0.6) is 5.75 Å². The third-order valence-corrected chi connectivity index (χ3v) is 5.16. The first-order valence-corrected chi connectivity index (χ1v) is 7.24. The number of nitrogens with two attached hydrogens (primary N) is 1. The molecule has 1 aromatic carbocycles. The molecule has 0 radical (unpaired) electrons. The monoisotopic (exact) mass is 265 g/mol. The highest BCUT2D eigenvalue weighted by atomic mass is 35.5. The third kappa shape index (κ3) is 1.59. The number of phenols is 1. The van der Waals surface area contributed by atoms with E-state index in [4.69, 9.17) is 17.3 Å². The lowest BCUT2D eigenvalue weighted by Crippen LogP contribution is -2.44. The molecular weight excluding hydrogens is 246 g/mol. The van der Waals surface area contributed by atoms with Gasteiger partial charge in [0, 0.05) is 11.1 Å². The molecule has 2 aliphatic rings. The fourth-order valence-corrected chi connectivity index (χ4v) is 3.86. The molecule has 0 atom stereocenters. The van der Waals surface area contributed by atoms with Gasteiger partial charge >= 0.3 is 0 Å². The Morgan fingerprint density at radius 1 is 1.11 bits per heavy atom. The fraction of sp³-hybridized carbons (Fsp3) is 0.600. The summed E-state index contributed by atoms with van der Waals surface area (Å²) in [5.41, 5.74) is 10.7. The van der Waals surface area contributed by atoms with Gasteiger partial charge in [0.2, 0.25) is 0 Å². The van der Waals surface area contributed by atoms with Gasteiger partial charge in [0.15, 0.2) is 0 Å². The van der Waals surface area contributed by atoms with E-state index in [2.05, 4.69) is 6.92 Å². The van der Waals surface area contributed by atoms with Gasteiger partial charge in [0.05, 0.1) is 5.02 Å². The molecule has 1 saturated carbocycles. The SMILES string of the molecule is Cc1c2c(c(Cl)c(O)c1C1(N)CCC1)CCCC2. The van der Waals surface area contributed by atoms with Crippen molar-refractivity contribution in [2.45, 2.75) is 57.4 Å². The second kappa shape index (κ2) is 4.14. The number of halogens is 1. The Labute approximate surface area is 113 Å². The van der Waals surface area contributed by atoms with Crippen molar-refractivity contribution in [3.8, 4) is 5.75 Å². The van der Waals surface area contributed by atoms with Gasteiger partial charge in [0.25, 0.3) is 0 Å². The van der Waals surface area contributed by atoms with Crippen LogP contribution in [0.1, 0.15) is 54.4 Å². The average molecular weight is 266 g/mol. The lowest BCUT2D eigenvalue weighted by atomic mass is 9.69. The van der Waals surface area contributed by atoms with Gasteiger partial charge in [-0.25, -0.2) is 0 Å². The molecule has 0 bridgehead atoms. The molecule has 3 N–H and O–H groups in total. The van der Waals surface area contributed by atoms with Crippen LogP contribution in [0.25, 0.3) is 0 Å². The molecule has 98 valence electrons. The predicted molar refractivity (Wildman–Crippen MR) is 74.2 cm³/mol. The van der Waals surface area contributed by atoms with Crippen molar-refractivity contribution in [1.29, 1.82) is 0 Å². The van der Waals surface area contributed by atoms with Gasteiger partial charge in [-0.15, -0.1) is 0 Å². The zero-order valence-electron chi connectivity index (χ0n) is 10.9. The Hall–Kier alpha value is -0.730. The van der Waals surface area contributed by atoms with E-state index in [1.807, 2.05) is 0 Å². The van der Waals surface area contributed by atoms with Gasteiger partial charge in [0.1, 0.15) is 5.75 Å². The lowest BCUT2D eigenvalue weighted by molar-refractivity contribution is 0.244. The number of rotatable bonds is 1. The average Bonchev–Trinajstić information content (AvgIpc) is 2.34. The highest BCUT2D eigenvalue weighted by Gasteiger charge is 2.40. The quantitative estimate of drug-likeness (QED) is 0.815. The summed E-state index contributed by atoms with van der Waals surface area (Å²) in [6, 6.07) is 0. The number of aromatic hydroxyl groups is 1. The van der Waals surface area contributed by atoms with Crippen LogP contribution >= 0.6 is 11.6 Å². The van der Waals surface area contributed by atoms with Gasteiger partial charge in [-0.2, -0.15) is 0 Å². The molecule has 2 aliphatic carbocycles. The fourth-order valence-electron chi connectivity index (χ4n) is 3.56. The van der Waals surface area contributed by atoms with E-state index >= 15 is 0 Å². The third-order valence-electron chi connectivity index (χ3n) is 4.75. The summed E-state index contributed by atoms with van der Waals surface area (Å²) < 4.78 is 0. The van der Waals surface area contributed by atoms with E-state index in [9.17, 15) is 5.11 Å². The number of hydrogen-bond donors (Lipinski definition) is 2. The smallest absolute Gasteiger partial charge is 0.139 e. The van der Waals surface area contributed by atoms with E-state index in [1.165, 1.54) is 24.0 Å². The largest absolute Gasteiger partial charge is 0.506 e. The summed E-state index contributed by atoms with van der Waals surface area (Å²) in [6.07, 6.45) is 7.49. The van der Waals surface area contributed by atoms with Crippen LogP contribution in [0.3, 0.4) is 0 Å². The first-order chi connectivity index (χ1) is 8.54. The molecular formula is C15H20ClNO. The topological polar surface area (TPSA) is 46.2 Å². The summed E-state index contributed by atoms with van der Waals surface area (Å²) >= 11 is 6.37. The van der Waals surface area contributed by atoms with Crippen LogP contribution in [0, 0.1) is 6.92 Å². The van der Waals surface area contributed by atoms with E-state index in [0.29, 0.717) is 5.02 Å². The highest BCUT2D eigenvalue weighted by molar-refractivity contribution is 6.33. The summed E-state index contributed by atoms with van der Waals surface area (Å²) in [5, 5.41) is 11.0. The Morgan fingerprint density at radius 3 is 2.28 bits per heavy atom. The summed E-state index contributed by atoms with van der Waals surface area (Å²) in [6.45, 7) is 2.10. The molecule has 0 aromatic heterocycles. The molecule has 0 heterocycles. The van der Waals surface area contributed by atoms with Crippen LogP contribution in [-0.4, -0.2) is 5.11 Å². The molecule has 0 aliphatic heterocycles. The van der Waals surface area contributed by atoms with E-state index in [-0.39, 0.29) is 11.3 Å².